The average Bonchev–Trinajstić information content (AvgIpc) is 3.09. The molecule has 0 aliphatic heterocycles. The largest absolute Gasteiger partial charge is 0.472 e. The van der Waals surface area contributed by atoms with E-state index in [0.29, 0.717) is 17.2 Å². The number of carbonyl (C=O) groups excluding carboxylic acids is 1. The number of aromatic nitrogens is 4. The van der Waals surface area contributed by atoms with Crippen LogP contribution in [0, 0.1) is 13.8 Å². The smallest absolute Gasteiger partial charge is 0.258 e. The molecule has 0 fully saturated rings. The summed E-state index contributed by atoms with van der Waals surface area (Å²) in [6.07, 6.45) is 5.89. The van der Waals surface area contributed by atoms with Crippen LogP contribution in [0.15, 0.2) is 41.5 Å². The molecule has 3 aromatic rings. The zero-order valence-corrected chi connectivity index (χ0v) is 11.6. The van der Waals surface area contributed by atoms with Crippen molar-refractivity contribution in [3.63, 3.8) is 0 Å². The molecule has 0 radical (unpaired) electrons. The number of amides is 1. The predicted octanol–water partition coefficient (Wildman–Crippen LogP) is 2.12. The van der Waals surface area contributed by atoms with Gasteiger partial charge in [0.2, 0.25) is 0 Å². The molecule has 106 valence electrons. The molecule has 3 aromatic heterocycles. The lowest BCUT2D eigenvalue weighted by Gasteiger charge is -2.05. The summed E-state index contributed by atoms with van der Waals surface area (Å²) in [5.74, 6) is 0.188. The van der Waals surface area contributed by atoms with Gasteiger partial charge in [-0.1, -0.05) is 0 Å². The van der Waals surface area contributed by atoms with Crippen LogP contribution in [0.3, 0.4) is 0 Å². The molecule has 0 aliphatic rings. The fourth-order valence-corrected chi connectivity index (χ4v) is 1.92. The van der Waals surface area contributed by atoms with Gasteiger partial charge < -0.3 is 9.73 Å². The molecule has 0 atom stereocenters. The van der Waals surface area contributed by atoms with E-state index < -0.39 is 0 Å². The number of nitrogens with one attached hydrogen (secondary N) is 1. The lowest BCUT2D eigenvalue weighted by atomic mass is 10.3. The van der Waals surface area contributed by atoms with Crippen molar-refractivity contribution in [3.05, 3.63) is 54.0 Å². The van der Waals surface area contributed by atoms with Gasteiger partial charge in [0.05, 0.1) is 35.6 Å². The number of carbonyl (C=O) groups is 1. The first-order valence-electron chi connectivity index (χ1n) is 6.33. The summed E-state index contributed by atoms with van der Waals surface area (Å²) in [7, 11) is 0. The molecule has 0 aliphatic carbocycles. The molecule has 0 saturated heterocycles. The van der Waals surface area contributed by atoms with Crippen molar-refractivity contribution in [2.24, 2.45) is 0 Å². The van der Waals surface area contributed by atoms with E-state index in [1.807, 2.05) is 19.9 Å². The molecule has 0 saturated carbocycles. The molecule has 3 heterocycles. The van der Waals surface area contributed by atoms with Crippen LogP contribution in [0.1, 0.15) is 21.7 Å². The normalized spacial score (nSPS) is 10.6. The Bertz CT molecular complexity index is 759. The third kappa shape index (κ3) is 2.66. The summed E-state index contributed by atoms with van der Waals surface area (Å²) in [5.41, 5.74) is 2.79. The van der Waals surface area contributed by atoms with Gasteiger partial charge in [0.25, 0.3) is 11.9 Å². The fourth-order valence-electron chi connectivity index (χ4n) is 1.92. The summed E-state index contributed by atoms with van der Waals surface area (Å²) >= 11 is 0. The Morgan fingerprint density at radius 3 is 2.62 bits per heavy atom. The van der Waals surface area contributed by atoms with Crippen molar-refractivity contribution in [1.82, 2.24) is 19.7 Å². The van der Waals surface area contributed by atoms with E-state index >= 15 is 0 Å². The van der Waals surface area contributed by atoms with Gasteiger partial charge in [-0.15, -0.1) is 0 Å². The van der Waals surface area contributed by atoms with Crippen molar-refractivity contribution in [2.75, 3.05) is 5.32 Å². The van der Waals surface area contributed by atoms with E-state index in [2.05, 4.69) is 20.4 Å². The molecular formula is C14H13N5O2. The van der Waals surface area contributed by atoms with Gasteiger partial charge >= 0.3 is 0 Å². The highest BCUT2D eigenvalue weighted by Gasteiger charge is 2.09. The molecule has 7 nitrogen and oxygen atoms in total. The molecular weight excluding hydrogens is 270 g/mol. The van der Waals surface area contributed by atoms with Gasteiger partial charge in [-0.2, -0.15) is 5.10 Å². The standard InChI is InChI=1S/C14H13N5O2/c1-9-5-10(2)19(18-9)14-15-6-12(7-16-14)17-13(20)11-3-4-21-8-11/h3-8H,1-2H3,(H,17,20). The lowest BCUT2D eigenvalue weighted by molar-refractivity contribution is 0.102. The fraction of sp³-hybridized carbons (Fsp3) is 0.143. The number of furan rings is 1. The van der Waals surface area contributed by atoms with E-state index in [1.54, 1.807) is 10.7 Å². The molecule has 0 unspecified atom stereocenters. The maximum Gasteiger partial charge on any atom is 0.258 e. The average molecular weight is 283 g/mol. The second-order valence-corrected chi connectivity index (χ2v) is 4.58. The van der Waals surface area contributed by atoms with E-state index in [-0.39, 0.29) is 5.91 Å². The number of hydrogen-bond acceptors (Lipinski definition) is 5. The zero-order valence-electron chi connectivity index (χ0n) is 11.6. The van der Waals surface area contributed by atoms with E-state index in [1.165, 1.54) is 24.9 Å². The van der Waals surface area contributed by atoms with Gasteiger partial charge in [0.1, 0.15) is 6.26 Å². The summed E-state index contributed by atoms with van der Waals surface area (Å²) in [6, 6.07) is 3.53. The van der Waals surface area contributed by atoms with E-state index in [4.69, 9.17) is 4.42 Å². The van der Waals surface area contributed by atoms with Gasteiger partial charge in [-0.3, -0.25) is 4.79 Å². The molecule has 0 aromatic carbocycles. The number of nitrogens with zero attached hydrogens (tertiary/aromatic N) is 4. The van der Waals surface area contributed by atoms with Crippen LogP contribution < -0.4 is 5.32 Å². The Kier molecular flexibility index (Phi) is 3.23. The van der Waals surface area contributed by atoms with Crippen LogP contribution in [0.2, 0.25) is 0 Å². The second kappa shape index (κ2) is 5.20. The Labute approximate surface area is 120 Å². The molecule has 7 heteroatoms. The Hall–Kier alpha value is -2.96. The summed E-state index contributed by atoms with van der Waals surface area (Å²) in [5, 5.41) is 6.99. The number of rotatable bonds is 3. The first-order chi connectivity index (χ1) is 10.1. The minimum atomic E-state index is -0.272. The van der Waals surface area contributed by atoms with Gasteiger partial charge in [-0.05, 0) is 26.0 Å². The first kappa shape index (κ1) is 13.0. The summed E-state index contributed by atoms with van der Waals surface area (Å²) in [4.78, 5) is 20.3. The van der Waals surface area contributed by atoms with Crippen LogP contribution in [0.5, 0.6) is 0 Å². The maximum atomic E-state index is 11.8. The molecule has 1 amide bonds. The topological polar surface area (TPSA) is 85.8 Å². The van der Waals surface area contributed by atoms with Crippen LogP contribution >= 0.6 is 0 Å². The van der Waals surface area contributed by atoms with Crippen LogP contribution in [0.25, 0.3) is 5.95 Å². The van der Waals surface area contributed by atoms with Gasteiger partial charge in [-0.25, -0.2) is 14.6 Å². The maximum absolute atomic E-state index is 11.8. The monoisotopic (exact) mass is 283 g/mol. The number of aryl methyl sites for hydroxylation is 2. The van der Waals surface area contributed by atoms with Crippen molar-refractivity contribution < 1.29 is 9.21 Å². The van der Waals surface area contributed by atoms with Crippen molar-refractivity contribution in [3.8, 4) is 5.95 Å². The predicted molar refractivity (Wildman–Crippen MR) is 75.3 cm³/mol. The van der Waals surface area contributed by atoms with Crippen molar-refractivity contribution in [1.29, 1.82) is 0 Å². The Morgan fingerprint density at radius 2 is 2.05 bits per heavy atom. The first-order valence-corrected chi connectivity index (χ1v) is 6.33. The van der Waals surface area contributed by atoms with Crippen LogP contribution in [-0.2, 0) is 0 Å². The molecule has 3 rings (SSSR count). The van der Waals surface area contributed by atoms with Gasteiger partial charge in [0.15, 0.2) is 0 Å². The summed E-state index contributed by atoms with van der Waals surface area (Å²) in [6.45, 7) is 3.83. The Balaban J connectivity index is 1.78. The highest BCUT2D eigenvalue weighted by molar-refractivity contribution is 6.03. The molecule has 1 N–H and O–H groups in total. The van der Waals surface area contributed by atoms with Crippen LogP contribution in [-0.4, -0.2) is 25.7 Å². The zero-order chi connectivity index (χ0) is 14.8. The van der Waals surface area contributed by atoms with Crippen molar-refractivity contribution in [2.45, 2.75) is 13.8 Å². The minimum absolute atomic E-state index is 0.272. The highest BCUT2D eigenvalue weighted by Crippen LogP contribution is 2.11. The van der Waals surface area contributed by atoms with Crippen LogP contribution in [0.4, 0.5) is 5.69 Å². The van der Waals surface area contributed by atoms with Gasteiger partial charge in [0, 0.05) is 5.69 Å². The third-order valence-electron chi connectivity index (χ3n) is 2.88. The third-order valence-corrected chi connectivity index (χ3v) is 2.88. The Morgan fingerprint density at radius 1 is 1.29 bits per heavy atom. The summed E-state index contributed by atoms with van der Waals surface area (Å²) < 4.78 is 6.51. The second-order valence-electron chi connectivity index (χ2n) is 4.58. The SMILES string of the molecule is Cc1cc(C)n(-c2ncc(NC(=O)c3ccoc3)cn2)n1. The van der Waals surface area contributed by atoms with Crippen molar-refractivity contribution >= 4 is 11.6 Å². The lowest BCUT2D eigenvalue weighted by Crippen LogP contribution is -2.12. The highest BCUT2D eigenvalue weighted by atomic mass is 16.3. The number of hydrogen-bond donors (Lipinski definition) is 1. The molecule has 0 spiro atoms. The quantitative estimate of drug-likeness (QED) is 0.795. The van der Waals surface area contributed by atoms with E-state index in [9.17, 15) is 4.79 Å². The minimum Gasteiger partial charge on any atom is -0.472 e. The molecule has 0 bridgehead atoms. The van der Waals surface area contributed by atoms with E-state index in [0.717, 1.165) is 11.4 Å². The molecule has 21 heavy (non-hydrogen) atoms. The number of anilines is 1.